The summed E-state index contributed by atoms with van der Waals surface area (Å²) >= 11 is 0. The summed E-state index contributed by atoms with van der Waals surface area (Å²) in [5, 5.41) is 2.38. The van der Waals surface area contributed by atoms with Gasteiger partial charge < -0.3 is 4.90 Å². The molecule has 2 amide bonds. The first-order valence-electron chi connectivity index (χ1n) is 7.97. The molecule has 0 spiro atoms. The Kier molecular flexibility index (Phi) is 4.51. The fourth-order valence-corrected chi connectivity index (χ4v) is 3.22. The first kappa shape index (κ1) is 15.4. The van der Waals surface area contributed by atoms with Crippen LogP contribution in [0.3, 0.4) is 0 Å². The van der Waals surface area contributed by atoms with Crippen LogP contribution in [0.25, 0.3) is 10.8 Å². The van der Waals surface area contributed by atoms with Crippen LogP contribution in [0.5, 0.6) is 0 Å². The molecule has 0 saturated carbocycles. The minimum Gasteiger partial charge on any atom is -0.331 e. The minimum atomic E-state index is -0.406. The standard InChI is InChI=1S/C19H20N2O2/c1-20-19(23)17-7-4-12-21(17)18(22)11-9-14-8-10-15-5-2-3-6-16(15)13-14/h2-3,5-6,8,10,13,17H,1,4,7,9,11-12H2/t17-/m0/s1. The van der Waals surface area contributed by atoms with Gasteiger partial charge in [-0.05, 0) is 42.3 Å². The minimum absolute atomic E-state index is 0.0256. The zero-order valence-electron chi connectivity index (χ0n) is 13.1. The van der Waals surface area contributed by atoms with Crippen molar-refractivity contribution in [3.8, 4) is 0 Å². The maximum absolute atomic E-state index is 12.4. The second-order valence-electron chi connectivity index (χ2n) is 5.92. The number of hydrogen-bond donors (Lipinski definition) is 0. The molecule has 2 aromatic carbocycles. The summed E-state index contributed by atoms with van der Waals surface area (Å²) in [5.74, 6) is -0.265. The number of benzene rings is 2. The smallest absolute Gasteiger partial charge is 0.267 e. The van der Waals surface area contributed by atoms with Gasteiger partial charge in [0, 0.05) is 13.0 Å². The number of rotatable bonds is 4. The summed E-state index contributed by atoms with van der Waals surface area (Å²) in [7, 11) is 0. The van der Waals surface area contributed by atoms with E-state index in [1.54, 1.807) is 4.90 Å². The molecule has 0 bridgehead atoms. The average Bonchev–Trinajstić information content (AvgIpc) is 3.08. The van der Waals surface area contributed by atoms with Crippen LogP contribution in [-0.4, -0.2) is 36.0 Å². The predicted molar refractivity (Wildman–Crippen MR) is 91.6 cm³/mol. The molecule has 1 heterocycles. The van der Waals surface area contributed by atoms with Crippen LogP contribution in [-0.2, 0) is 16.0 Å². The number of hydrogen-bond acceptors (Lipinski definition) is 2. The Morgan fingerprint density at radius 2 is 1.96 bits per heavy atom. The first-order valence-corrected chi connectivity index (χ1v) is 7.97. The van der Waals surface area contributed by atoms with E-state index in [0.29, 0.717) is 25.8 Å². The highest BCUT2D eigenvalue weighted by atomic mass is 16.2. The van der Waals surface area contributed by atoms with Crippen molar-refractivity contribution in [2.45, 2.75) is 31.7 Å². The molecule has 3 rings (SSSR count). The van der Waals surface area contributed by atoms with Gasteiger partial charge in [0.2, 0.25) is 5.91 Å². The molecule has 1 saturated heterocycles. The zero-order valence-corrected chi connectivity index (χ0v) is 13.1. The maximum atomic E-state index is 12.4. The third-order valence-corrected chi connectivity index (χ3v) is 4.46. The van der Waals surface area contributed by atoms with Gasteiger partial charge in [0.15, 0.2) is 0 Å². The van der Waals surface area contributed by atoms with Gasteiger partial charge in [0.05, 0.1) is 0 Å². The Bertz CT molecular complexity index is 754. The Hall–Kier alpha value is -2.49. The van der Waals surface area contributed by atoms with Crippen LogP contribution < -0.4 is 0 Å². The van der Waals surface area contributed by atoms with Gasteiger partial charge in [0.1, 0.15) is 6.04 Å². The largest absolute Gasteiger partial charge is 0.331 e. The molecule has 0 aromatic heterocycles. The lowest BCUT2D eigenvalue weighted by Crippen LogP contribution is -2.39. The summed E-state index contributed by atoms with van der Waals surface area (Å²) in [6.45, 7) is 3.93. The van der Waals surface area contributed by atoms with E-state index in [0.717, 1.165) is 12.0 Å². The summed E-state index contributed by atoms with van der Waals surface area (Å²) < 4.78 is 0. The van der Waals surface area contributed by atoms with E-state index in [1.807, 2.05) is 12.1 Å². The molecule has 1 atom stereocenters. The van der Waals surface area contributed by atoms with Gasteiger partial charge in [-0.2, -0.15) is 0 Å². The highest BCUT2D eigenvalue weighted by Gasteiger charge is 2.33. The summed E-state index contributed by atoms with van der Waals surface area (Å²) in [6, 6.07) is 14.0. The van der Waals surface area contributed by atoms with Gasteiger partial charge in [-0.15, -0.1) is 0 Å². The highest BCUT2D eigenvalue weighted by Crippen LogP contribution is 2.21. The van der Waals surface area contributed by atoms with Gasteiger partial charge in [-0.25, -0.2) is 4.99 Å². The fourth-order valence-electron chi connectivity index (χ4n) is 3.22. The lowest BCUT2D eigenvalue weighted by atomic mass is 10.0. The van der Waals surface area contributed by atoms with E-state index in [9.17, 15) is 9.59 Å². The molecular formula is C19H20N2O2. The quantitative estimate of drug-likeness (QED) is 0.815. The maximum Gasteiger partial charge on any atom is 0.267 e. The van der Waals surface area contributed by atoms with Gasteiger partial charge in [-0.3, -0.25) is 9.59 Å². The second-order valence-corrected chi connectivity index (χ2v) is 5.92. The van der Waals surface area contributed by atoms with E-state index < -0.39 is 6.04 Å². The van der Waals surface area contributed by atoms with E-state index in [-0.39, 0.29) is 11.8 Å². The molecule has 0 radical (unpaired) electrons. The number of carbonyl (C=O) groups excluding carboxylic acids is 2. The molecule has 1 fully saturated rings. The lowest BCUT2D eigenvalue weighted by Gasteiger charge is -2.22. The number of aliphatic imine (C=N–C) groups is 1. The lowest BCUT2D eigenvalue weighted by molar-refractivity contribution is -0.137. The fraction of sp³-hybridized carbons (Fsp3) is 0.316. The molecule has 23 heavy (non-hydrogen) atoms. The van der Waals surface area contributed by atoms with Crippen molar-refractivity contribution < 1.29 is 9.59 Å². The summed E-state index contributed by atoms with van der Waals surface area (Å²) in [6.07, 6.45) is 2.65. The molecule has 4 nitrogen and oxygen atoms in total. The molecule has 2 aromatic rings. The third-order valence-electron chi connectivity index (χ3n) is 4.46. The normalized spacial score (nSPS) is 17.4. The van der Waals surface area contributed by atoms with Gasteiger partial charge >= 0.3 is 0 Å². The number of carbonyl (C=O) groups is 2. The van der Waals surface area contributed by atoms with Crippen molar-refractivity contribution in [3.05, 3.63) is 48.0 Å². The second kappa shape index (κ2) is 6.73. The number of amides is 2. The Morgan fingerprint density at radius 1 is 1.17 bits per heavy atom. The van der Waals surface area contributed by atoms with Crippen molar-refractivity contribution in [2.75, 3.05) is 6.54 Å². The Balaban J connectivity index is 1.65. The highest BCUT2D eigenvalue weighted by molar-refractivity contribution is 5.90. The number of fused-ring (bicyclic) bond motifs is 1. The van der Waals surface area contributed by atoms with E-state index >= 15 is 0 Å². The van der Waals surface area contributed by atoms with Crippen molar-refractivity contribution in [1.82, 2.24) is 4.90 Å². The molecule has 118 valence electrons. The van der Waals surface area contributed by atoms with E-state index in [1.165, 1.54) is 10.8 Å². The van der Waals surface area contributed by atoms with Crippen LogP contribution in [0, 0.1) is 0 Å². The number of nitrogens with zero attached hydrogens (tertiary/aromatic N) is 2. The topological polar surface area (TPSA) is 49.7 Å². The van der Waals surface area contributed by atoms with Gasteiger partial charge in [0.25, 0.3) is 5.91 Å². The van der Waals surface area contributed by atoms with Crippen molar-refractivity contribution in [3.63, 3.8) is 0 Å². The zero-order chi connectivity index (χ0) is 16.2. The summed E-state index contributed by atoms with van der Waals surface area (Å²) in [5.41, 5.74) is 1.14. The molecule has 0 unspecified atom stereocenters. The van der Waals surface area contributed by atoms with Crippen LogP contribution in [0.2, 0.25) is 0 Å². The third kappa shape index (κ3) is 3.31. The van der Waals surface area contributed by atoms with Crippen LogP contribution in [0.4, 0.5) is 0 Å². The SMILES string of the molecule is C=NC(=O)[C@@H]1CCCN1C(=O)CCc1ccc2ccccc2c1. The van der Waals surface area contributed by atoms with E-state index in [4.69, 9.17) is 0 Å². The number of likely N-dealkylation sites (tertiary alicyclic amines) is 1. The monoisotopic (exact) mass is 308 g/mol. The number of aryl methyl sites for hydroxylation is 1. The summed E-state index contributed by atoms with van der Waals surface area (Å²) in [4.78, 5) is 29.3. The van der Waals surface area contributed by atoms with Crippen LogP contribution >= 0.6 is 0 Å². The average molecular weight is 308 g/mol. The molecule has 0 aliphatic carbocycles. The van der Waals surface area contributed by atoms with Crippen LogP contribution in [0.1, 0.15) is 24.8 Å². The van der Waals surface area contributed by atoms with Gasteiger partial charge in [-0.1, -0.05) is 42.5 Å². The molecule has 0 N–H and O–H groups in total. The van der Waals surface area contributed by atoms with Crippen molar-refractivity contribution in [2.24, 2.45) is 4.99 Å². The first-order chi connectivity index (χ1) is 11.2. The van der Waals surface area contributed by atoms with Crippen LogP contribution in [0.15, 0.2) is 47.5 Å². The molecule has 1 aliphatic rings. The Labute approximate surface area is 135 Å². The Morgan fingerprint density at radius 3 is 2.74 bits per heavy atom. The molecule has 4 heteroatoms. The molecule has 1 aliphatic heterocycles. The van der Waals surface area contributed by atoms with E-state index in [2.05, 4.69) is 42.0 Å². The predicted octanol–water partition coefficient (Wildman–Crippen LogP) is 2.99. The van der Waals surface area contributed by atoms with Crippen molar-refractivity contribution >= 4 is 29.3 Å². The van der Waals surface area contributed by atoms with Crippen molar-refractivity contribution in [1.29, 1.82) is 0 Å². The molecular weight excluding hydrogens is 288 g/mol.